The summed E-state index contributed by atoms with van der Waals surface area (Å²) in [6, 6.07) is 3.99. The number of oxime groups is 1. The standard InChI is InChI=1S/C12H17NO3/c1-9-7-11(3-5-14)8-10(2)12(9)16-6-4-13-15/h4,7-8,14-15H,3,5-6H2,1-2H3/b13-4-. The lowest BCUT2D eigenvalue weighted by Crippen LogP contribution is -2.03. The maximum Gasteiger partial charge on any atom is 0.127 e. The van der Waals surface area contributed by atoms with Gasteiger partial charge < -0.3 is 15.1 Å². The van der Waals surface area contributed by atoms with E-state index in [0.29, 0.717) is 6.42 Å². The first-order valence-electron chi connectivity index (χ1n) is 5.18. The number of benzene rings is 1. The second kappa shape index (κ2) is 6.12. The third kappa shape index (κ3) is 3.24. The van der Waals surface area contributed by atoms with Crippen LogP contribution in [0.25, 0.3) is 0 Å². The number of hydrogen-bond acceptors (Lipinski definition) is 4. The first kappa shape index (κ1) is 12.5. The molecule has 0 aliphatic rings. The van der Waals surface area contributed by atoms with Crippen LogP contribution < -0.4 is 4.74 Å². The molecule has 0 bridgehead atoms. The molecule has 0 aromatic heterocycles. The summed E-state index contributed by atoms with van der Waals surface area (Å²) in [7, 11) is 0. The van der Waals surface area contributed by atoms with E-state index in [2.05, 4.69) is 5.16 Å². The van der Waals surface area contributed by atoms with Crippen LogP contribution >= 0.6 is 0 Å². The van der Waals surface area contributed by atoms with Crippen LogP contribution in [0.5, 0.6) is 5.75 Å². The third-order valence-electron chi connectivity index (χ3n) is 2.30. The van der Waals surface area contributed by atoms with Crippen LogP contribution in [0, 0.1) is 13.8 Å². The summed E-state index contributed by atoms with van der Waals surface area (Å²) in [5.41, 5.74) is 3.14. The Morgan fingerprint density at radius 2 is 1.94 bits per heavy atom. The van der Waals surface area contributed by atoms with E-state index in [1.165, 1.54) is 6.21 Å². The maximum atomic E-state index is 8.87. The van der Waals surface area contributed by atoms with E-state index in [4.69, 9.17) is 15.1 Å². The minimum Gasteiger partial charge on any atom is -0.487 e. The Bertz CT molecular complexity index is 352. The van der Waals surface area contributed by atoms with Gasteiger partial charge in [-0.05, 0) is 37.0 Å². The van der Waals surface area contributed by atoms with Crippen molar-refractivity contribution in [3.8, 4) is 5.75 Å². The van der Waals surface area contributed by atoms with Crippen molar-refractivity contribution in [1.82, 2.24) is 0 Å². The molecular weight excluding hydrogens is 206 g/mol. The molecule has 0 fully saturated rings. The number of aryl methyl sites for hydroxylation is 2. The smallest absolute Gasteiger partial charge is 0.127 e. The van der Waals surface area contributed by atoms with Crippen molar-refractivity contribution in [2.24, 2.45) is 5.16 Å². The summed E-state index contributed by atoms with van der Waals surface area (Å²) in [5.74, 6) is 0.807. The van der Waals surface area contributed by atoms with Gasteiger partial charge >= 0.3 is 0 Å². The maximum absolute atomic E-state index is 8.87. The predicted molar refractivity (Wildman–Crippen MR) is 62.5 cm³/mol. The number of ether oxygens (including phenoxy) is 1. The Hall–Kier alpha value is -1.55. The van der Waals surface area contributed by atoms with Gasteiger partial charge in [-0.1, -0.05) is 17.3 Å². The van der Waals surface area contributed by atoms with Crippen molar-refractivity contribution in [3.05, 3.63) is 28.8 Å². The second-order valence-corrected chi connectivity index (χ2v) is 3.64. The zero-order valence-corrected chi connectivity index (χ0v) is 9.60. The fourth-order valence-corrected chi connectivity index (χ4v) is 1.69. The van der Waals surface area contributed by atoms with Crippen LogP contribution in [-0.2, 0) is 6.42 Å². The van der Waals surface area contributed by atoms with Crippen molar-refractivity contribution in [1.29, 1.82) is 0 Å². The zero-order valence-electron chi connectivity index (χ0n) is 9.60. The molecule has 0 saturated heterocycles. The van der Waals surface area contributed by atoms with E-state index in [-0.39, 0.29) is 13.2 Å². The molecule has 0 aliphatic carbocycles. The molecule has 0 atom stereocenters. The minimum atomic E-state index is 0.149. The highest BCUT2D eigenvalue weighted by atomic mass is 16.5. The van der Waals surface area contributed by atoms with E-state index in [1.54, 1.807) is 0 Å². The van der Waals surface area contributed by atoms with Gasteiger partial charge in [-0.3, -0.25) is 0 Å². The van der Waals surface area contributed by atoms with Crippen LogP contribution in [0.2, 0.25) is 0 Å². The predicted octanol–water partition coefficient (Wildman–Crippen LogP) is 1.68. The molecule has 0 unspecified atom stereocenters. The molecule has 0 heterocycles. The molecule has 4 heteroatoms. The molecule has 1 rings (SSSR count). The Balaban J connectivity index is 2.84. The lowest BCUT2D eigenvalue weighted by Gasteiger charge is -2.12. The third-order valence-corrected chi connectivity index (χ3v) is 2.30. The monoisotopic (exact) mass is 223 g/mol. The largest absolute Gasteiger partial charge is 0.487 e. The summed E-state index contributed by atoms with van der Waals surface area (Å²) in [6.45, 7) is 4.31. The number of aliphatic hydroxyl groups excluding tert-OH is 1. The van der Waals surface area contributed by atoms with Crippen molar-refractivity contribution < 1.29 is 15.1 Å². The first-order chi connectivity index (χ1) is 7.69. The van der Waals surface area contributed by atoms with E-state index in [9.17, 15) is 0 Å². The molecule has 1 aromatic carbocycles. The van der Waals surface area contributed by atoms with Gasteiger partial charge in [0.1, 0.15) is 12.4 Å². The number of hydrogen-bond donors (Lipinski definition) is 2. The van der Waals surface area contributed by atoms with Crippen molar-refractivity contribution in [2.75, 3.05) is 13.2 Å². The lowest BCUT2D eigenvalue weighted by molar-refractivity contribution is 0.299. The summed E-state index contributed by atoms with van der Waals surface area (Å²) >= 11 is 0. The van der Waals surface area contributed by atoms with Crippen molar-refractivity contribution in [3.63, 3.8) is 0 Å². The van der Waals surface area contributed by atoms with Gasteiger partial charge in [0.2, 0.25) is 0 Å². The normalized spacial score (nSPS) is 10.9. The van der Waals surface area contributed by atoms with Gasteiger partial charge in [-0.2, -0.15) is 0 Å². The molecule has 4 nitrogen and oxygen atoms in total. The van der Waals surface area contributed by atoms with Crippen LogP contribution in [0.15, 0.2) is 17.3 Å². The van der Waals surface area contributed by atoms with E-state index in [0.717, 1.165) is 22.4 Å². The molecule has 0 radical (unpaired) electrons. The summed E-state index contributed by atoms with van der Waals surface area (Å²) in [4.78, 5) is 0. The SMILES string of the molecule is Cc1cc(CCO)cc(C)c1OC/C=N\O. The molecule has 0 spiro atoms. The molecular formula is C12H17NO3. The average Bonchev–Trinajstić information content (AvgIpc) is 2.23. The Morgan fingerprint density at radius 3 is 2.44 bits per heavy atom. The summed E-state index contributed by atoms with van der Waals surface area (Å²) < 4.78 is 5.47. The first-order valence-corrected chi connectivity index (χ1v) is 5.18. The summed E-state index contributed by atoms with van der Waals surface area (Å²) in [5, 5.41) is 20.0. The quantitative estimate of drug-likeness (QED) is 0.453. The van der Waals surface area contributed by atoms with Crippen LogP contribution in [0.3, 0.4) is 0 Å². The second-order valence-electron chi connectivity index (χ2n) is 3.64. The lowest BCUT2D eigenvalue weighted by atomic mass is 10.0. The fraction of sp³-hybridized carbons (Fsp3) is 0.417. The van der Waals surface area contributed by atoms with Gasteiger partial charge in [-0.25, -0.2) is 0 Å². The van der Waals surface area contributed by atoms with E-state index < -0.39 is 0 Å². The minimum absolute atomic E-state index is 0.149. The van der Waals surface area contributed by atoms with Gasteiger partial charge in [0.05, 0.1) is 6.21 Å². The van der Waals surface area contributed by atoms with Crippen LogP contribution in [-0.4, -0.2) is 29.7 Å². The number of nitrogens with zero attached hydrogens (tertiary/aromatic N) is 1. The topological polar surface area (TPSA) is 62.0 Å². The van der Waals surface area contributed by atoms with Crippen molar-refractivity contribution in [2.45, 2.75) is 20.3 Å². The number of aliphatic hydroxyl groups is 1. The fourth-order valence-electron chi connectivity index (χ4n) is 1.69. The number of rotatable bonds is 5. The average molecular weight is 223 g/mol. The Morgan fingerprint density at radius 1 is 1.31 bits per heavy atom. The van der Waals surface area contributed by atoms with Crippen molar-refractivity contribution >= 4 is 6.21 Å². The van der Waals surface area contributed by atoms with Gasteiger partial charge in [-0.15, -0.1) is 0 Å². The highest BCUT2D eigenvalue weighted by molar-refractivity contribution is 5.58. The molecule has 2 N–H and O–H groups in total. The highest BCUT2D eigenvalue weighted by Crippen LogP contribution is 2.24. The molecule has 0 aliphatic heterocycles. The molecule has 0 saturated carbocycles. The van der Waals surface area contributed by atoms with Crippen LogP contribution in [0.1, 0.15) is 16.7 Å². The van der Waals surface area contributed by atoms with Gasteiger partial charge in [0, 0.05) is 6.61 Å². The molecule has 88 valence electrons. The molecule has 0 amide bonds. The van der Waals surface area contributed by atoms with Crippen LogP contribution in [0.4, 0.5) is 0 Å². The van der Waals surface area contributed by atoms with Gasteiger partial charge in [0.25, 0.3) is 0 Å². The Kier molecular flexibility index (Phi) is 4.79. The highest BCUT2D eigenvalue weighted by Gasteiger charge is 2.05. The molecule has 1 aromatic rings. The van der Waals surface area contributed by atoms with E-state index in [1.807, 2.05) is 26.0 Å². The zero-order chi connectivity index (χ0) is 12.0. The van der Waals surface area contributed by atoms with Gasteiger partial charge in [0.15, 0.2) is 0 Å². The summed E-state index contributed by atoms with van der Waals surface area (Å²) in [6.07, 6.45) is 1.95. The molecule has 16 heavy (non-hydrogen) atoms. The van der Waals surface area contributed by atoms with E-state index >= 15 is 0 Å². The Labute approximate surface area is 95.2 Å².